The third-order valence-electron chi connectivity index (χ3n) is 5.08. The molecular weight excluding hydrogens is 388 g/mol. The topological polar surface area (TPSA) is 86.2 Å². The molecule has 0 unspecified atom stereocenters. The number of hydrogen-bond acceptors (Lipinski definition) is 4. The van der Waals surface area contributed by atoms with Gasteiger partial charge >= 0.3 is 6.03 Å². The fourth-order valence-electron chi connectivity index (χ4n) is 3.33. The summed E-state index contributed by atoms with van der Waals surface area (Å²) in [7, 11) is 0. The van der Waals surface area contributed by atoms with Gasteiger partial charge in [0.15, 0.2) is 0 Å². The molecule has 3 rings (SSSR count). The van der Waals surface area contributed by atoms with Crippen LogP contribution in [0.4, 0.5) is 16.2 Å². The second-order valence-electron chi connectivity index (χ2n) is 7.96. The van der Waals surface area contributed by atoms with Crippen LogP contribution in [0.3, 0.4) is 0 Å². The Morgan fingerprint density at radius 1 is 1.23 bits per heavy atom. The number of allylic oxidation sites excluding steroid dienone is 1. The maximum Gasteiger partial charge on any atom is 0.319 e. The Balaban J connectivity index is 1.84. The van der Waals surface area contributed by atoms with Crippen LogP contribution in [0.25, 0.3) is 11.6 Å². The van der Waals surface area contributed by atoms with Gasteiger partial charge in [-0.2, -0.15) is 5.26 Å². The van der Waals surface area contributed by atoms with Gasteiger partial charge in [-0.25, -0.2) is 4.79 Å². The second kappa shape index (κ2) is 10.5. The summed E-state index contributed by atoms with van der Waals surface area (Å²) in [4.78, 5) is 11.9. The van der Waals surface area contributed by atoms with Crippen molar-refractivity contribution in [2.24, 2.45) is 0 Å². The number of nitrogens with zero attached hydrogens (tertiary/aromatic N) is 1. The fourth-order valence-corrected chi connectivity index (χ4v) is 3.33. The van der Waals surface area contributed by atoms with E-state index >= 15 is 0 Å². The van der Waals surface area contributed by atoms with Crippen molar-refractivity contribution in [2.45, 2.75) is 52.1 Å². The first kappa shape index (κ1) is 22.2. The Morgan fingerprint density at radius 3 is 2.55 bits per heavy atom. The maximum atomic E-state index is 11.9. The summed E-state index contributed by atoms with van der Waals surface area (Å²) >= 11 is 0. The third-order valence-corrected chi connectivity index (χ3v) is 5.08. The number of rotatable bonds is 8. The van der Waals surface area contributed by atoms with Gasteiger partial charge in [-0.15, -0.1) is 0 Å². The Kier molecular flexibility index (Phi) is 7.55. The molecule has 3 N–H and O–H groups in total. The van der Waals surface area contributed by atoms with Crippen LogP contribution in [-0.4, -0.2) is 24.7 Å². The monoisotopic (exact) mass is 418 g/mol. The molecule has 2 amide bonds. The lowest BCUT2D eigenvalue weighted by Gasteiger charge is -2.28. The molecule has 0 saturated heterocycles. The highest BCUT2D eigenvalue weighted by atomic mass is 16.5. The van der Waals surface area contributed by atoms with Crippen molar-refractivity contribution in [3.8, 4) is 11.8 Å². The number of urea groups is 1. The zero-order valence-corrected chi connectivity index (χ0v) is 18.4. The smallest absolute Gasteiger partial charge is 0.319 e. The van der Waals surface area contributed by atoms with Crippen LogP contribution in [0.2, 0.25) is 0 Å². The Morgan fingerprint density at radius 2 is 1.97 bits per heavy atom. The van der Waals surface area contributed by atoms with E-state index in [0.717, 1.165) is 35.4 Å². The summed E-state index contributed by atoms with van der Waals surface area (Å²) in [5.41, 5.74) is 3.91. The van der Waals surface area contributed by atoms with E-state index in [0.29, 0.717) is 23.9 Å². The minimum atomic E-state index is -0.240. The molecule has 0 aliphatic heterocycles. The molecule has 0 bridgehead atoms. The third kappa shape index (κ3) is 6.26. The lowest BCUT2D eigenvalue weighted by Crippen LogP contribution is -2.34. The fraction of sp³-hybridized carbons (Fsp3) is 0.360. The number of nitrogens with one attached hydrogen (secondary N) is 3. The zero-order valence-electron chi connectivity index (χ0n) is 18.4. The number of nitriles is 1. The van der Waals surface area contributed by atoms with E-state index in [1.807, 2.05) is 69.3 Å². The van der Waals surface area contributed by atoms with Gasteiger partial charge in [-0.1, -0.05) is 12.1 Å². The molecule has 1 saturated carbocycles. The Labute approximate surface area is 184 Å². The number of carbonyl (C=O) groups is 1. The average molecular weight is 419 g/mol. The Bertz CT molecular complexity index is 970. The van der Waals surface area contributed by atoms with E-state index in [2.05, 4.69) is 22.0 Å². The minimum Gasteiger partial charge on any atom is -0.494 e. The average Bonchev–Trinajstić information content (AvgIpc) is 2.70. The van der Waals surface area contributed by atoms with Crippen molar-refractivity contribution in [1.29, 1.82) is 5.26 Å². The molecule has 2 aromatic carbocycles. The molecule has 0 heterocycles. The quantitative estimate of drug-likeness (QED) is 0.382. The van der Waals surface area contributed by atoms with Gasteiger partial charge in [0, 0.05) is 29.0 Å². The van der Waals surface area contributed by atoms with Crippen LogP contribution in [-0.2, 0) is 0 Å². The van der Waals surface area contributed by atoms with E-state index in [1.54, 1.807) is 0 Å². The molecule has 6 heteroatoms. The van der Waals surface area contributed by atoms with Gasteiger partial charge in [0.1, 0.15) is 5.75 Å². The van der Waals surface area contributed by atoms with Crippen molar-refractivity contribution >= 4 is 29.1 Å². The lowest BCUT2D eigenvalue weighted by atomic mass is 9.92. The van der Waals surface area contributed by atoms with Crippen LogP contribution >= 0.6 is 0 Å². The van der Waals surface area contributed by atoms with E-state index < -0.39 is 0 Å². The largest absolute Gasteiger partial charge is 0.494 e. The molecule has 6 nitrogen and oxygen atoms in total. The van der Waals surface area contributed by atoms with Gasteiger partial charge in [-0.05, 0) is 82.0 Å². The molecule has 2 aromatic rings. The molecular formula is C25H30N4O2. The molecule has 0 atom stereocenters. The minimum absolute atomic E-state index is 0.0654. The number of amides is 2. The molecule has 31 heavy (non-hydrogen) atoms. The summed E-state index contributed by atoms with van der Waals surface area (Å²) in [6.07, 6.45) is 5.39. The first-order valence-electron chi connectivity index (χ1n) is 10.8. The van der Waals surface area contributed by atoms with Gasteiger partial charge in [0.25, 0.3) is 0 Å². The summed E-state index contributed by atoms with van der Waals surface area (Å²) in [6, 6.07) is 15.9. The van der Waals surface area contributed by atoms with Gasteiger partial charge in [0.05, 0.1) is 18.2 Å². The van der Waals surface area contributed by atoms with E-state index in [-0.39, 0.29) is 12.1 Å². The van der Waals surface area contributed by atoms with E-state index in [9.17, 15) is 10.1 Å². The Hall–Kier alpha value is -3.46. The van der Waals surface area contributed by atoms with Crippen LogP contribution in [0.5, 0.6) is 5.75 Å². The first-order chi connectivity index (χ1) is 15.0. The predicted octanol–water partition coefficient (Wildman–Crippen LogP) is 5.64. The summed E-state index contributed by atoms with van der Waals surface area (Å²) < 4.78 is 5.66. The second-order valence-corrected chi connectivity index (χ2v) is 7.96. The molecule has 0 spiro atoms. The molecule has 0 aromatic heterocycles. The number of hydrogen-bond donors (Lipinski definition) is 3. The standard InChI is InChI=1S/C25H30N4O2/c1-4-31-22-12-13-24(28-20-6-5-7-20)23(15-22)19(16-26)14-18-8-10-21(11-9-18)29-25(30)27-17(2)3/h8-15,17,20,28H,4-7H2,1-3H3,(H2,27,29,30)/b19-14+. The zero-order chi connectivity index (χ0) is 22.2. The van der Waals surface area contributed by atoms with Crippen molar-refractivity contribution in [3.63, 3.8) is 0 Å². The number of anilines is 2. The molecule has 1 fully saturated rings. The highest BCUT2D eigenvalue weighted by Crippen LogP contribution is 2.33. The highest BCUT2D eigenvalue weighted by molar-refractivity contribution is 5.95. The van der Waals surface area contributed by atoms with Crippen LogP contribution < -0.4 is 20.7 Å². The van der Waals surface area contributed by atoms with Gasteiger partial charge in [-0.3, -0.25) is 0 Å². The summed E-state index contributed by atoms with van der Waals surface area (Å²) in [5.74, 6) is 0.744. The van der Waals surface area contributed by atoms with E-state index in [4.69, 9.17) is 4.74 Å². The molecule has 1 aliphatic carbocycles. The van der Waals surface area contributed by atoms with Crippen LogP contribution in [0, 0.1) is 11.3 Å². The molecule has 162 valence electrons. The summed E-state index contributed by atoms with van der Waals surface area (Å²) in [5, 5.41) is 19.1. The SMILES string of the molecule is CCOc1ccc(NC2CCC2)c(/C(C#N)=C/c2ccc(NC(=O)NC(C)C)cc2)c1. The van der Waals surface area contributed by atoms with Crippen molar-refractivity contribution in [2.75, 3.05) is 17.2 Å². The summed E-state index contributed by atoms with van der Waals surface area (Å²) in [6.45, 7) is 6.33. The number of benzene rings is 2. The van der Waals surface area contributed by atoms with Crippen molar-refractivity contribution in [3.05, 3.63) is 53.6 Å². The molecule has 1 aliphatic rings. The van der Waals surface area contributed by atoms with Crippen LogP contribution in [0.15, 0.2) is 42.5 Å². The first-order valence-corrected chi connectivity index (χ1v) is 10.8. The van der Waals surface area contributed by atoms with Crippen LogP contribution in [0.1, 0.15) is 51.2 Å². The van der Waals surface area contributed by atoms with Crippen molar-refractivity contribution < 1.29 is 9.53 Å². The maximum absolute atomic E-state index is 11.9. The lowest BCUT2D eigenvalue weighted by molar-refractivity contribution is 0.250. The number of ether oxygens (including phenoxy) is 1. The van der Waals surface area contributed by atoms with Gasteiger partial charge < -0.3 is 20.7 Å². The van der Waals surface area contributed by atoms with Gasteiger partial charge in [0.2, 0.25) is 0 Å². The van der Waals surface area contributed by atoms with Crippen molar-refractivity contribution in [1.82, 2.24) is 5.32 Å². The van der Waals surface area contributed by atoms with E-state index in [1.165, 1.54) is 6.42 Å². The molecule has 0 radical (unpaired) electrons. The number of carbonyl (C=O) groups excluding carboxylic acids is 1. The normalized spacial score (nSPS) is 13.8. The highest BCUT2D eigenvalue weighted by Gasteiger charge is 2.19. The predicted molar refractivity (Wildman–Crippen MR) is 126 cm³/mol.